The van der Waals surface area contributed by atoms with E-state index in [4.69, 9.17) is 11.6 Å². The highest BCUT2D eigenvalue weighted by Gasteiger charge is 2.25. The maximum atomic E-state index is 5.77. The standard InChI is InChI=1S/C13H19ClN2/c1-9-3-4-10(2)12(7-9)16-11-5-6-13(14)15-8-11/h5-6,8-10,12,16H,3-4,7H2,1-2H3. The summed E-state index contributed by atoms with van der Waals surface area (Å²) in [4.78, 5) is 4.09. The molecule has 0 saturated heterocycles. The molecule has 0 radical (unpaired) electrons. The Labute approximate surface area is 102 Å². The zero-order valence-electron chi connectivity index (χ0n) is 9.91. The molecule has 1 aliphatic rings. The number of anilines is 1. The first kappa shape index (κ1) is 11.7. The van der Waals surface area contributed by atoms with Crippen molar-refractivity contribution in [2.75, 3.05) is 5.32 Å². The lowest BCUT2D eigenvalue weighted by molar-refractivity contribution is 0.280. The quantitative estimate of drug-likeness (QED) is 0.789. The Hall–Kier alpha value is -0.760. The molecule has 0 spiro atoms. The van der Waals surface area contributed by atoms with Gasteiger partial charge in [0.05, 0.1) is 11.9 Å². The summed E-state index contributed by atoms with van der Waals surface area (Å²) in [7, 11) is 0. The number of nitrogens with one attached hydrogen (secondary N) is 1. The molecule has 2 nitrogen and oxygen atoms in total. The zero-order chi connectivity index (χ0) is 11.5. The predicted octanol–water partition coefficient (Wildman–Crippen LogP) is 3.97. The maximum absolute atomic E-state index is 5.77. The summed E-state index contributed by atoms with van der Waals surface area (Å²) in [5, 5.41) is 4.12. The molecule has 88 valence electrons. The van der Waals surface area contributed by atoms with Crippen molar-refractivity contribution in [3.63, 3.8) is 0 Å². The molecule has 3 atom stereocenters. The van der Waals surface area contributed by atoms with E-state index in [9.17, 15) is 0 Å². The molecule has 1 aromatic rings. The number of hydrogen-bond donors (Lipinski definition) is 1. The van der Waals surface area contributed by atoms with Crippen molar-refractivity contribution >= 4 is 17.3 Å². The molecule has 1 fully saturated rings. The van der Waals surface area contributed by atoms with Crippen LogP contribution in [0.3, 0.4) is 0 Å². The van der Waals surface area contributed by atoms with E-state index in [1.54, 1.807) is 0 Å². The molecule has 3 heteroatoms. The summed E-state index contributed by atoms with van der Waals surface area (Å²) in [6.45, 7) is 4.66. The number of aromatic nitrogens is 1. The van der Waals surface area contributed by atoms with Crippen LogP contribution in [0.2, 0.25) is 5.15 Å². The fourth-order valence-corrected chi connectivity index (χ4v) is 2.52. The van der Waals surface area contributed by atoms with Crippen LogP contribution >= 0.6 is 11.6 Å². The number of pyridine rings is 1. The van der Waals surface area contributed by atoms with E-state index in [2.05, 4.69) is 24.1 Å². The first-order valence-electron chi connectivity index (χ1n) is 6.03. The van der Waals surface area contributed by atoms with Gasteiger partial charge in [-0.05, 0) is 36.8 Å². The number of hydrogen-bond acceptors (Lipinski definition) is 2. The van der Waals surface area contributed by atoms with Crippen molar-refractivity contribution in [2.24, 2.45) is 11.8 Å². The van der Waals surface area contributed by atoms with E-state index < -0.39 is 0 Å². The van der Waals surface area contributed by atoms with Gasteiger partial charge >= 0.3 is 0 Å². The lowest BCUT2D eigenvalue weighted by Gasteiger charge is -2.33. The minimum absolute atomic E-state index is 0.551. The van der Waals surface area contributed by atoms with Gasteiger partial charge in [-0.2, -0.15) is 0 Å². The molecular weight excluding hydrogens is 220 g/mol. The molecule has 0 aromatic carbocycles. The van der Waals surface area contributed by atoms with Crippen molar-refractivity contribution in [2.45, 2.75) is 39.2 Å². The summed E-state index contributed by atoms with van der Waals surface area (Å²) >= 11 is 5.77. The second kappa shape index (κ2) is 5.05. The maximum Gasteiger partial charge on any atom is 0.129 e. The minimum atomic E-state index is 0.551. The van der Waals surface area contributed by atoms with Crippen LogP contribution in [0.25, 0.3) is 0 Å². The second-order valence-corrected chi connectivity index (χ2v) is 5.40. The van der Waals surface area contributed by atoms with Crippen LogP contribution in [0, 0.1) is 11.8 Å². The fourth-order valence-electron chi connectivity index (χ4n) is 2.41. The van der Waals surface area contributed by atoms with Gasteiger partial charge < -0.3 is 5.32 Å². The lowest BCUT2D eigenvalue weighted by atomic mass is 9.80. The molecule has 1 N–H and O–H groups in total. The van der Waals surface area contributed by atoms with Gasteiger partial charge in [0.2, 0.25) is 0 Å². The number of rotatable bonds is 2. The summed E-state index contributed by atoms with van der Waals surface area (Å²) in [6.07, 6.45) is 5.75. The lowest BCUT2D eigenvalue weighted by Crippen LogP contribution is -2.33. The summed E-state index contributed by atoms with van der Waals surface area (Å²) in [5.41, 5.74) is 1.08. The molecule has 1 heterocycles. The van der Waals surface area contributed by atoms with E-state index in [0.717, 1.165) is 17.5 Å². The zero-order valence-corrected chi connectivity index (χ0v) is 10.7. The van der Waals surface area contributed by atoms with Crippen molar-refractivity contribution < 1.29 is 0 Å². The molecule has 2 rings (SSSR count). The third kappa shape index (κ3) is 2.88. The summed E-state index contributed by atoms with van der Waals surface area (Å²) < 4.78 is 0. The highest BCUT2D eigenvalue weighted by molar-refractivity contribution is 6.29. The molecule has 1 saturated carbocycles. The van der Waals surface area contributed by atoms with Crippen molar-refractivity contribution in [3.05, 3.63) is 23.5 Å². The molecule has 1 aliphatic carbocycles. The topological polar surface area (TPSA) is 24.9 Å². The largest absolute Gasteiger partial charge is 0.381 e. The molecule has 0 bridgehead atoms. The second-order valence-electron chi connectivity index (χ2n) is 5.02. The Morgan fingerprint density at radius 3 is 2.81 bits per heavy atom. The molecule has 16 heavy (non-hydrogen) atoms. The predicted molar refractivity (Wildman–Crippen MR) is 68.8 cm³/mol. The van der Waals surface area contributed by atoms with Gasteiger partial charge in [-0.3, -0.25) is 0 Å². The number of halogens is 1. The van der Waals surface area contributed by atoms with E-state index in [1.807, 2.05) is 18.3 Å². The van der Waals surface area contributed by atoms with Crippen LogP contribution in [0.15, 0.2) is 18.3 Å². The third-order valence-corrected chi connectivity index (χ3v) is 3.76. The Morgan fingerprint density at radius 2 is 2.12 bits per heavy atom. The van der Waals surface area contributed by atoms with Crippen LogP contribution in [-0.4, -0.2) is 11.0 Å². The summed E-state index contributed by atoms with van der Waals surface area (Å²) in [5.74, 6) is 1.57. The van der Waals surface area contributed by atoms with Gasteiger partial charge in [-0.25, -0.2) is 4.98 Å². The van der Waals surface area contributed by atoms with Gasteiger partial charge in [-0.1, -0.05) is 31.9 Å². The monoisotopic (exact) mass is 238 g/mol. The SMILES string of the molecule is CC1CCC(C)C(Nc2ccc(Cl)nc2)C1. The Morgan fingerprint density at radius 1 is 1.31 bits per heavy atom. The van der Waals surface area contributed by atoms with Crippen molar-refractivity contribution in [1.29, 1.82) is 0 Å². The fraction of sp³-hybridized carbons (Fsp3) is 0.615. The normalized spacial score (nSPS) is 30.1. The Balaban J connectivity index is 2.00. The van der Waals surface area contributed by atoms with E-state index >= 15 is 0 Å². The average molecular weight is 239 g/mol. The van der Waals surface area contributed by atoms with Crippen LogP contribution in [-0.2, 0) is 0 Å². The average Bonchev–Trinajstić information content (AvgIpc) is 2.27. The molecule has 0 amide bonds. The van der Waals surface area contributed by atoms with Crippen LogP contribution in [0.5, 0.6) is 0 Å². The number of nitrogens with zero attached hydrogens (tertiary/aromatic N) is 1. The first-order valence-corrected chi connectivity index (χ1v) is 6.41. The summed E-state index contributed by atoms with van der Waals surface area (Å²) in [6, 6.07) is 4.41. The van der Waals surface area contributed by atoms with Gasteiger partial charge in [-0.15, -0.1) is 0 Å². The van der Waals surface area contributed by atoms with Crippen molar-refractivity contribution in [3.8, 4) is 0 Å². The molecule has 0 aliphatic heterocycles. The van der Waals surface area contributed by atoms with Crippen LogP contribution in [0.1, 0.15) is 33.1 Å². The van der Waals surface area contributed by atoms with Crippen LogP contribution in [0.4, 0.5) is 5.69 Å². The van der Waals surface area contributed by atoms with Gasteiger partial charge in [0.25, 0.3) is 0 Å². The highest BCUT2D eigenvalue weighted by Crippen LogP contribution is 2.30. The third-order valence-electron chi connectivity index (χ3n) is 3.54. The van der Waals surface area contributed by atoms with Gasteiger partial charge in [0, 0.05) is 6.04 Å². The minimum Gasteiger partial charge on any atom is -0.381 e. The molecular formula is C13H19ClN2. The highest BCUT2D eigenvalue weighted by atomic mass is 35.5. The first-order chi connectivity index (χ1) is 7.65. The van der Waals surface area contributed by atoms with E-state index in [1.165, 1.54) is 19.3 Å². The smallest absolute Gasteiger partial charge is 0.129 e. The van der Waals surface area contributed by atoms with E-state index in [-0.39, 0.29) is 0 Å². The van der Waals surface area contributed by atoms with Gasteiger partial charge in [0.15, 0.2) is 0 Å². The Kier molecular flexibility index (Phi) is 3.70. The van der Waals surface area contributed by atoms with Gasteiger partial charge in [0.1, 0.15) is 5.15 Å². The van der Waals surface area contributed by atoms with Crippen LogP contribution < -0.4 is 5.32 Å². The van der Waals surface area contributed by atoms with Crippen molar-refractivity contribution in [1.82, 2.24) is 4.98 Å². The molecule has 3 unspecified atom stereocenters. The molecule has 1 aromatic heterocycles. The van der Waals surface area contributed by atoms with E-state index in [0.29, 0.717) is 11.2 Å². The Bertz CT molecular complexity index is 336.